The summed E-state index contributed by atoms with van der Waals surface area (Å²) in [6.45, 7) is 0. The zero-order chi connectivity index (χ0) is 13.0. The summed E-state index contributed by atoms with van der Waals surface area (Å²) in [6.07, 6.45) is 0.595. The molecule has 2 rings (SSSR count). The van der Waals surface area contributed by atoms with Crippen molar-refractivity contribution in [2.45, 2.75) is 17.7 Å². The second-order valence-electron chi connectivity index (χ2n) is 4.20. The van der Waals surface area contributed by atoms with Crippen LogP contribution in [0.15, 0.2) is 18.2 Å². The van der Waals surface area contributed by atoms with Gasteiger partial charge in [0.15, 0.2) is 0 Å². The summed E-state index contributed by atoms with van der Waals surface area (Å²) in [7, 11) is 0. The lowest BCUT2D eigenvalue weighted by molar-refractivity contribution is 0.507. The first-order valence-corrected chi connectivity index (χ1v) is 8.38. The van der Waals surface area contributed by atoms with Crippen LogP contribution >= 0.6 is 35.1 Å². The number of nitrogens with two attached hydrogens (primary N) is 1. The normalized spacial score (nSPS) is 21.8. The second-order valence-corrected chi connectivity index (χ2v) is 7.13. The van der Waals surface area contributed by atoms with Gasteiger partial charge in [-0.05, 0) is 24.1 Å². The van der Waals surface area contributed by atoms with Gasteiger partial charge < -0.3 is 0 Å². The first-order chi connectivity index (χ1) is 8.70. The fourth-order valence-electron chi connectivity index (χ4n) is 1.96. The topological polar surface area (TPSA) is 38.0 Å². The molecule has 2 atom stereocenters. The third kappa shape index (κ3) is 3.78. The van der Waals surface area contributed by atoms with Crippen LogP contribution in [0.2, 0.25) is 5.02 Å². The molecular formula is C12H16ClFN2S2. The molecule has 3 N–H and O–H groups in total. The minimum atomic E-state index is -0.254. The van der Waals surface area contributed by atoms with Crippen molar-refractivity contribution in [3.8, 4) is 0 Å². The van der Waals surface area contributed by atoms with Crippen molar-refractivity contribution >= 4 is 35.1 Å². The van der Waals surface area contributed by atoms with E-state index in [4.69, 9.17) is 17.4 Å². The van der Waals surface area contributed by atoms with E-state index in [0.717, 1.165) is 11.5 Å². The first kappa shape index (κ1) is 14.5. The van der Waals surface area contributed by atoms with Crippen molar-refractivity contribution in [2.24, 2.45) is 5.84 Å². The van der Waals surface area contributed by atoms with E-state index in [1.54, 1.807) is 12.1 Å². The summed E-state index contributed by atoms with van der Waals surface area (Å²) in [5, 5.41) is 0.861. The van der Waals surface area contributed by atoms with Gasteiger partial charge in [0.2, 0.25) is 0 Å². The Kier molecular flexibility index (Phi) is 5.63. The first-order valence-electron chi connectivity index (χ1n) is 5.80. The number of benzene rings is 1. The molecule has 0 spiro atoms. The highest BCUT2D eigenvalue weighted by atomic mass is 35.5. The smallest absolute Gasteiger partial charge is 0.127 e. The number of hydrazine groups is 1. The van der Waals surface area contributed by atoms with Gasteiger partial charge in [-0.2, -0.15) is 23.5 Å². The summed E-state index contributed by atoms with van der Waals surface area (Å²) >= 11 is 9.59. The van der Waals surface area contributed by atoms with Crippen LogP contribution in [0.4, 0.5) is 4.39 Å². The lowest BCUT2D eigenvalue weighted by atomic mass is 10.0. The van der Waals surface area contributed by atoms with Crippen LogP contribution in [0.5, 0.6) is 0 Å². The molecule has 1 aromatic rings. The van der Waals surface area contributed by atoms with Crippen molar-refractivity contribution in [3.05, 3.63) is 34.6 Å². The summed E-state index contributed by atoms with van der Waals surface area (Å²) in [6, 6.07) is 4.91. The van der Waals surface area contributed by atoms with Crippen LogP contribution in [0.25, 0.3) is 0 Å². The SMILES string of the molecule is NNC(Cc1ccc(Cl)cc1F)C1CSCCS1. The van der Waals surface area contributed by atoms with Gasteiger partial charge in [0.1, 0.15) is 5.82 Å². The molecule has 0 bridgehead atoms. The monoisotopic (exact) mass is 306 g/mol. The number of rotatable bonds is 4. The Morgan fingerprint density at radius 3 is 2.94 bits per heavy atom. The van der Waals surface area contributed by atoms with Crippen LogP contribution in [0.3, 0.4) is 0 Å². The quantitative estimate of drug-likeness (QED) is 0.662. The lowest BCUT2D eigenvalue weighted by Crippen LogP contribution is -2.46. The van der Waals surface area contributed by atoms with Crippen LogP contribution in [0.1, 0.15) is 5.56 Å². The largest absolute Gasteiger partial charge is 0.271 e. The molecule has 2 nitrogen and oxygen atoms in total. The molecule has 1 heterocycles. The van der Waals surface area contributed by atoms with E-state index in [-0.39, 0.29) is 11.9 Å². The van der Waals surface area contributed by atoms with Crippen molar-refractivity contribution in [3.63, 3.8) is 0 Å². The van der Waals surface area contributed by atoms with E-state index in [1.165, 1.54) is 11.8 Å². The zero-order valence-electron chi connectivity index (χ0n) is 9.86. The molecule has 100 valence electrons. The Morgan fingerprint density at radius 1 is 1.50 bits per heavy atom. The molecule has 2 unspecified atom stereocenters. The molecule has 1 aromatic carbocycles. The molecule has 1 aliphatic rings. The van der Waals surface area contributed by atoms with E-state index >= 15 is 0 Å². The summed E-state index contributed by atoms with van der Waals surface area (Å²) < 4.78 is 13.7. The van der Waals surface area contributed by atoms with Gasteiger partial charge in [0, 0.05) is 33.6 Å². The Hall–Kier alpha value is 0.0600. The molecule has 0 aromatic heterocycles. The molecule has 1 fully saturated rings. The maximum atomic E-state index is 13.7. The van der Waals surface area contributed by atoms with Gasteiger partial charge in [0.25, 0.3) is 0 Å². The molecule has 1 aliphatic heterocycles. The van der Waals surface area contributed by atoms with E-state index in [9.17, 15) is 4.39 Å². The number of nitrogens with one attached hydrogen (secondary N) is 1. The minimum Gasteiger partial charge on any atom is -0.271 e. The average molecular weight is 307 g/mol. The van der Waals surface area contributed by atoms with E-state index in [2.05, 4.69) is 5.43 Å². The number of thioether (sulfide) groups is 2. The Morgan fingerprint density at radius 2 is 2.33 bits per heavy atom. The van der Waals surface area contributed by atoms with Gasteiger partial charge >= 0.3 is 0 Å². The molecule has 1 saturated heterocycles. The highest BCUT2D eigenvalue weighted by molar-refractivity contribution is 8.06. The predicted molar refractivity (Wildman–Crippen MR) is 79.8 cm³/mol. The van der Waals surface area contributed by atoms with E-state index in [0.29, 0.717) is 22.3 Å². The van der Waals surface area contributed by atoms with Crippen molar-refractivity contribution in [1.29, 1.82) is 0 Å². The average Bonchev–Trinajstić information content (AvgIpc) is 2.39. The van der Waals surface area contributed by atoms with Gasteiger partial charge in [-0.15, -0.1) is 0 Å². The lowest BCUT2D eigenvalue weighted by Gasteiger charge is -2.29. The summed E-state index contributed by atoms with van der Waals surface area (Å²) in [5.41, 5.74) is 3.49. The molecular weight excluding hydrogens is 291 g/mol. The van der Waals surface area contributed by atoms with Gasteiger partial charge in [0.05, 0.1) is 0 Å². The number of halogens is 2. The van der Waals surface area contributed by atoms with Crippen LogP contribution in [-0.4, -0.2) is 28.6 Å². The van der Waals surface area contributed by atoms with Crippen molar-refractivity contribution in [1.82, 2.24) is 5.43 Å². The number of hydrogen-bond donors (Lipinski definition) is 2. The molecule has 0 aliphatic carbocycles. The van der Waals surface area contributed by atoms with Crippen molar-refractivity contribution < 1.29 is 4.39 Å². The van der Waals surface area contributed by atoms with Gasteiger partial charge in [-0.3, -0.25) is 11.3 Å². The van der Waals surface area contributed by atoms with Crippen LogP contribution in [0, 0.1) is 5.82 Å². The third-order valence-corrected chi connectivity index (χ3v) is 6.11. The minimum absolute atomic E-state index is 0.0958. The van der Waals surface area contributed by atoms with Crippen LogP contribution < -0.4 is 11.3 Å². The van der Waals surface area contributed by atoms with Crippen molar-refractivity contribution in [2.75, 3.05) is 17.3 Å². The van der Waals surface area contributed by atoms with Gasteiger partial charge in [-0.25, -0.2) is 4.39 Å². The maximum Gasteiger partial charge on any atom is 0.127 e. The molecule has 0 saturated carbocycles. The Balaban J connectivity index is 2.04. The zero-order valence-corrected chi connectivity index (χ0v) is 12.3. The Bertz CT molecular complexity index is 400. The van der Waals surface area contributed by atoms with E-state index in [1.807, 2.05) is 23.5 Å². The Labute approximate surface area is 120 Å². The highest BCUT2D eigenvalue weighted by Crippen LogP contribution is 2.28. The van der Waals surface area contributed by atoms with Crippen LogP contribution in [-0.2, 0) is 6.42 Å². The number of hydrogen-bond acceptors (Lipinski definition) is 4. The molecule has 18 heavy (non-hydrogen) atoms. The maximum absolute atomic E-state index is 13.7. The standard InChI is InChI=1S/C12H16ClFN2S2/c13-9-2-1-8(10(14)6-9)5-11(16-15)12-7-17-3-4-18-12/h1-2,6,11-12,16H,3-5,7,15H2. The summed E-state index contributed by atoms with van der Waals surface area (Å²) in [4.78, 5) is 0. The molecule has 0 amide bonds. The summed E-state index contributed by atoms with van der Waals surface area (Å²) in [5.74, 6) is 8.74. The highest BCUT2D eigenvalue weighted by Gasteiger charge is 2.24. The third-order valence-electron chi connectivity index (χ3n) is 2.96. The fourth-order valence-corrected chi connectivity index (χ4v) is 4.99. The second kappa shape index (κ2) is 7.01. The van der Waals surface area contributed by atoms with E-state index < -0.39 is 0 Å². The fraction of sp³-hybridized carbons (Fsp3) is 0.500. The molecule has 6 heteroatoms. The predicted octanol–water partition coefficient (Wildman–Crippen LogP) is 2.70. The van der Waals surface area contributed by atoms with Gasteiger partial charge in [-0.1, -0.05) is 17.7 Å². The molecule has 0 radical (unpaired) electrons.